The molecule has 6 aromatic rings. The van der Waals surface area contributed by atoms with Gasteiger partial charge in [-0.2, -0.15) is 0 Å². The highest BCUT2D eigenvalue weighted by molar-refractivity contribution is 7.99. The highest BCUT2D eigenvalue weighted by atomic mass is 32.2. The quantitative estimate of drug-likeness (QED) is 0.255. The van der Waals surface area contributed by atoms with Crippen LogP contribution in [0.4, 0.5) is 17.1 Å². The maximum absolute atomic E-state index is 4.79. The number of anilines is 3. The average molecular weight is 471 g/mol. The van der Waals surface area contributed by atoms with Crippen LogP contribution in [0.1, 0.15) is 11.1 Å². The number of rotatable bonds is 2. The van der Waals surface area contributed by atoms with Crippen molar-refractivity contribution in [2.45, 2.75) is 23.6 Å². The van der Waals surface area contributed by atoms with Crippen LogP contribution in [0.15, 0.2) is 107 Å². The van der Waals surface area contributed by atoms with Gasteiger partial charge in [0.1, 0.15) is 0 Å². The van der Waals surface area contributed by atoms with Crippen molar-refractivity contribution in [2.75, 3.05) is 4.90 Å². The number of hydrogen-bond acceptors (Lipinski definition) is 4. The Labute approximate surface area is 207 Å². The van der Waals surface area contributed by atoms with Crippen LogP contribution in [-0.2, 0) is 0 Å². The summed E-state index contributed by atoms with van der Waals surface area (Å²) in [7, 11) is 0. The van der Waals surface area contributed by atoms with Crippen molar-refractivity contribution in [1.82, 2.24) is 14.5 Å². The Morgan fingerprint density at radius 2 is 1.43 bits per heavy atom. The zero-order valence-electron chi connectivity index (χ0n) is 19.4. The first-order valence-corrected chi connectivity index (χ1v) is 12.5. The molecule has 0 bridgehead atoms. The molecule has 0 atom stereocenters. The maximum Gasteiger partial charge on any atom is 0.0964 e. The SMILES string of the molecule is Cc1ccc2c(c1)Sc1cc(C)ccc1N2c1ccc2c(c1)c1ncccc1n2-c1cccnc1. The van der Waals surface area contributed by atoms with E-state index in [1.807, 2.05) is 36.3 Å². The van der Waals surface area contributed by atoms with E-state index in [0.29, 0.717) is 0 Å². The third-order valence-electron chi connectivity index (χ3n) is 6.60. The number of aromatic nitrogens is 3. The van der Waals surface area contributed by atoms with Gasteiger partial charge in [0.2, 0.25) is 0 Å². The van der Waals surface area contributed by atoms with Gasteiger partial charge in [-0.15, -0.1) is 0 Å². The molecule has 1 aliphatic heterocycles. The maximum atomic E-state index is 4.79. The lowest BCUT2D eigenvalue weighted by Gasteiger charge is -2.33. The number of nitrogens with zero attached hydrogens (tertiary/aromatic N) is 4. The first-order valence-electron chi connectivity index (χ1n) is 11.7. The molecule has 0 saturated carbocycles. The molecule has 3 aromatic carbocycles. The molecule has 168 valence electrons. The van der Waals surface area contributed by atoms with Crippen LogP contribution < -0.4 is 4.90 Å². The standard InChI is InChI=1S/C30H22N4S/c1-19-7-10-25-28(15-19)35-29-16-20(2)8-11-26(29)33(25)21-9-12-24-23(17-21)30-27(6-4-14-32-30)34(24)22-5-3-13-31-18-22/h3-18H,1-2H3. The van der Waals surface area contributed by atoms with Crippen LogP contribution in [0.25, 0.3) is 27.6 Å². The molecule has 0 radical (unpaired) electrons. The average Bonchev–Trinajstić information content (AvgIpc) is 3.21. The smallest absolute Gasteiger partial charge is 0.0964 e. The van der Waals surface area contributed by atoms with Crippen molar-refractivity contribution >= 4 is 50.8 Å². The van der Waals surface area contributed by atoms with Gasteiger partial charge < -0.3 is 9.47 Å². The molecule has 0 N–H and O–H groups in total. The fraction of sp³-hybridized carbons (Fsp3) is 0.0667. The van der Waals surface area contributed by atoms with E-state index < -0.39 is 0 Å². The number of pyridine rings is 2. The van der Waals surface area contributed by atoms with E-state index in [4.69, 9.17) is 4.98 Å². The lowest BCUT2D eigenvalue weighted by molar-refractivity contribution is 1.13. The summed E-state index contributed by atoms with van der Waals surface area (Å²) in [5, 5.41) is 1.13. The number of hydrogen-bond donors (Lipinski definition) is 0. The van der Waals surface area contributed by atoms with Crippen molar-refractivity contribution in [3.8, 4) is 5.69 Å². The lowest BCUT2D eigenvalue weighted by atomic mass is 10.1. The minimum Gasteiger partial charge on any atom is -0.308 e. The van der Waals surface area contributed by atoms with Crippen LogP contribution in [0.2, 0.25) is 0 Å². The highest BCUT2D eigenvalue weighted by Crippen LogP contribution is 2.52. The Bertz CT molecular complexity index is 1700. The normalized spacial score (nSPS) is 12.7. The van der Waals surface area contributed by atoms with Crippen LogP contribution >= 0.6 is 11.8 Å². The third-order valence-corrected chi connectivity index (χ3v) is 7.69. The van der Waals surface area contributed by atoms with Gasteiger partial charge in [0.15, 0.2) is 0 Å². The Morgan fingerprint density at radius 1 is 0.686 bits per heavy atom. The summed E-state index contributed by atoms with van der Waals surface area (Å²) >= 11 is 1.85. The second-order valence-corrected chi connectivity index (χ2v) is 10.1. The van der Waals surface area contributed by atoms with Crippen molar-refractivity contribution in [3.63, 3.8) is 0 Å². The van der Waals surface area contributed by atoms with Gasteiger partial charge in [-0.1, -0.05) is 23.9 Å². The molecule has 35 heavy (non-hydrogen) atoms. The van der Waals surface area contributed by atoms with E-state index in [1.165, 1.54) is 32.3 Å². The molecule has 0 saturated heterocycles. The molecular formula is C30H22N4S. The molecule has 3 aromatic heterocycles. The summed E-state index contributed by atoms with van der Waals surface area (Å²) in [6, 6.07) is 28.3. The highest BCUT2D eigenvalue weighted by Gasteiger charge is 2.26. The second kappa shape index (κ2) is 7.72. The number of benzene rings is 3. The van der Waals surface area contributed by atoms with Crippen LogP contribution in [0.5, 0.6) is 0 Å². The van der Waals surface area contributed by atoms with E-state index in [-0.39, 0.29) is 0 Å². The third kappa shape index (κ3) is 3.16. The first kappa shape index (κ1) is 20.3. The molecule has 0 amide bonds. The van der Waals surface area contributed by atoms with Crippen molar-refractivity contribution in [2.24, 2.45) is 0 Å². The molecule has 4 nitrogen and oxygen atoms in total. The van der Waals surface area contributed by atoms with Gasteiger partial charge >= 0.3 is 0 Å². The molecule has 0 spiro atoms. The van der Waals surface area contributed by atoms with E-state index in [9.17, 15) is 0 Å². The van der Waals surface area contributed by atoms with Gasteiger partial charge in [0.05, 0.1) is 39.8 Å². The van der Waals surface area contributed by atoms with E-state index in [1.54, 1.807) is 6.20 Å². The summed E-state index contributed by atoms with van der Waals surface area (Å²) in [6.07, 6.45) is 5.58. The second-order valence-electron chi connectivity index (χ2n) is 9.00. The summed E-state index contributed by atoms with van der Waals surface area (Å²) in [5.74, 6) is 0. The minimum absolute atomic E-state index is 0.993. The summed E-state index contributed by atoms with van der Waals surface area (Å²) in [6.45, 7) is 4.31. The van der Waals surface area contributed by atoms with Crippen molar-refractivity contribution < 1.29 is 0 Å². The predicted molar refractivity (Wildman–Crippen MR) is 145 cm³/mol. The van der Waals surface area contributed by atoms with Crippen molar-refractivity contribution in [3.05, 3.63) is 109 Å². The van der Waals surface area contributed by atoms with Crippen LogP contribution in [-0.4, -0.2) is 14.5 Å². The van der Waals surface area contributed by atoms with Gasteiger partial charge in [0.25, 0.3) is 0 Å². The van der Waals surface area contributed by atoms with Crippen LogP contribution in [0.3, 0.4) is 0 Å². The monoisotopic (exact) mass is 470 g/mol. The van der Waals surface area contributed by atoms with E-state index in [0.717, 1.165) is 33.3 Å². The molecule has 0 aliphatic carbocycles. The Kier molecular flexibility index (Phi) is 4.48. The minimum atomic E-state index is 0.993. The first-order chi connectivity index (χ1) is 17.2. The molecular weight excluding hydrogens is 448 g/mol. The molecule has 1 aliphatic rings. The van der Waals surface area contributed by atoms with Crippen LogP contribution in [0, 0.1) is 13.8 Å². The number of aryl methyl sites for hydroxylation is 2. The van der Waals surface area contributed by atoms with Gasteiger partial charge in [-0.25, -0.2) is 0 Å². The summed E-state index contributed by atoms with van der Waals surface area (Å²) in [4.78, 5) is 14.1. The van der Waals surface area contributed by atoms with E-state index >= 15 is 0 Å². The Morgan fingerprint density at radius 3 is 2.14 bits per heavy atom. The zero-order valence-corrected chi connectivity index (χ0v) is 20.3. The fourth-order valence-corrected chi connectivity index (χ4v) is 6.28. The summed E-state index contributed by atoms with van der Waals surface area (Å²) in [5.41, 5.74) is 10.3. The molecule has 0 fully saturated rings. The predicted octanol–water partition coefficient (Wildman–Crippen LogP) is 8.12. The van der Waals surface area contributed by atoms with E-state index in [2.05, 4.69) is 95.0 Å². The molecule has 0 unspecified atom stereocenters. The summed E-state index contributed by atoms with van der Waals surface area (Å²) < 4.78 is 2.25. The largest absolute Gasteiger partial charge is 0.308 e. The Balaban J connectivity index is 1.50. The van der Waals surface area contributed by atoms with Gasteiger partial charge in [0, 0.05) is 33.3 Å². The van der Waals surface area contributed by atoms with Crippen molar-refractivity contribution in [1.29, 1.82) is 0 Å². The zero-order chi connectivity index (χ0) is 23.5. The van der Waals surface area contributed by atoms with Gasteiger partial charge in [-0.05, 0) is 91.7 Å². The van der Waals surface area contributed by atoms with Gasteiger partial charge in [-0.3, -0.25) is 9.97 Å². The molecule has 4 heterocycles. The molecule has 7 rings (SSSR count). The Hall–Kier alpha value is -4.09. The topological polar surface area (TPSA) is 34.0 Å². The fourth-order valence-electron chi connectivity index (χ4n) is 5.03. The molecule has 5 heteroatoms. The number of fused-ring (bicyclic) bond motifs is 5. The lowest BCUT2D eigenvalue weighted by Crippen LogP contribution is -2.15.